The number of allylic oxidation sites excluding steroid dienone is 2. The number of carbonyl (C=O) groups excluding carboxylic acids is 1. The maximum absolute atomic E-state index is 13.0. The van der Waals surface area contributed by atoms with Gasteiger partial charge in [0.25, 0.3) is 7.82 Å². The first-order valence-corrected chi connectivity index (χ1v) is 32.0. The highest BCUT2D eigenvalue weighted by atomic mass is 31.2. The third-order valence-corrected chi connectivity index (χ3v) is 15.2. The highest BCUT2D eigenvalue weighted by Gasteiger charge is 2.24. The number of carbonyl (C=O) groups is 1. The molecule has 0 fully saturated rings. The van der Waals surface area contributed by atoms with Crippen LogP contribution in [0, 0.1) is 0 Å². The molecule has 9 heteroatoms. The van der Waals surface area contributed by atoms with Crippen molar-refractivity contribution >= 4 is 13.7 Å². The lowest BCUT2D eigenvalue weighted by atomic mass is 10.0. The van der Waals surface area contributed by atoms with Gasteiger partial charge in [-0.3, -0.25) is 9.36 Å². The van der Waals surface area contributed by atoms with Gasteiger partial charge in [0, 0.05) is 6.42 Å². The standard InChI is InChI=1S/C60H121N2O6P/c1-6-8-10-12-14-16-18-20-22-24-25-26-27-28-29-30-31-32-33-34-35-36-38-39-41-43-45-47-49-51-53-59(63)58(57-68-69(65,66)67-56-55-62(3,4)5)61-60(64)54-52-50-48-46-44-42-40-37-23-21-19-17-15-13-11-9-7-2/h21,23,58-59,63H,6-20,22,24-57H2,1-5H3,(H-,61,64,65,66)/b23-21-. The van der Waals surface area contributed by atoms with E-state index < -0.39 is 20.0 Å². The van der Waals surface area contributed by atoms with Crippen LogP contribution in [0.4, 0.5) is 0 Å². The average molecular weight is 998 g/mol. The van der Waals surface area contributed by atoms with Gasteiger partial charge in [0.2, 0.25) is 5.91 Å². The Balaban J connectivity index is 4.04. The Morgan fingerprint density at radius 3 is 1.13 bits per heavy atom. The van der Waals surface area contributed by atoms with E-state index in [4.69, 9.17) is 9.05 Å². The molecule has 0 heterocycles. The third-order valence-electron chi connectivity index (χ3n) is 14.3. The second kappa shape index (κ2) is 52.1. The van der Waals surface area contributed by atoms with E-state index in [2.05, 4.69) is 31.3 Å². The van der Waals surface area contributed by atoms with Crippen molar-refractivity contribution < 1.29 is 32.9 Å². The van der Waals surface area contributed by atoms with E-state index in [1.807, 2.05) is 21.1 Å². The average Bonchev–Trinajstić information content (AvgIpc) is 3.31. The van der Waals surface area contributed by atoms with Crippen LogP contribution in [0.1, 0.15) is 316 Å². The molecule has 0 aliphatic rings. The van der Waals surface area contributed by atoms with Crippen molar-refractivity contribution in [3.8, 4) is 0 Å². The zero-order valence-corrected chi connectivity index (χ0v) is 47.9. The quantitative estimate of drug-likeness (QED) is 0.0272. The Morgan fingerprint density at radius 1 is 0.493 bits per heavy atom. The minimum absolute atomic E-state index is 0.0138. The summed E-state index contributed by atoms with van der Waals surface area (Å²) in [6.45, 7) is 4.76. The number of amides is 1. The molecule has 0 spiro atoms. The lowest BCUT2D eigenvalue weighted by Gasteiger charge is -2.30. The summed E-state index contributed by atoms with van der Waals surface area (Å²) in [7, 11) is 1.32. The van der Waals surface area contributed by atoms with Crippen molar-refractivity contribution in [1.82, 2.24) is 5.32 Å². The first-order chi connectivity index (χ1) is 33.5. The number of aliphatic hydroxyl groups is 1. The molecule has 0 radical (unpaired) electrons. The molecule has 0 saturated carbocycles. The maximum Gasteiger partial charge on any atom is 0.268 e. The van der Waals surface area contributed by atoms with Gasteiger partial charge in [0.1, 0.15) is 13.2 Å². The first kappa shape index (κ1) is 68.2. The molecule has 412 valence electrons. The number of nitrogens with zero attached hydrogens (tertiary/aromatic N) is 1. The zero-order chi connectivity index (χ0) is 50.6. The van der Waals surface area contributed by atoms with Crippen molar-refractivity contribution in [3.05, 3.63) is 12.2 Å². The molecule has 8 nitrogen and oxygen atoms in total. The minimum Gasteiger partial charge on any atom is -0.756 e. The summed E-state index contributed by atoms with van der Waals surface area (Å²) in [5, 5.41) is 14.0. The second-order valence-electron chi connectivity index (χ2n) is 22.4. The van der Waals surface area contributed by atoms with Crippen molar-refractivity contribution in [1.29, 1.82) is 0 Å². The highest BCUT2D eigenvalue weighted by molar-refractivity contribution is 7.45. The van der Waals surface area contributed by atoms with Crippen LogP contribution >= 0.6 is 7.82 Å². The van der Waals surface area contributed by atoms with Crippen LogP contribution < -0.4 is 10.2 Å². The van der Waals surface area contributed by atoms with Crippen LogP contribution in [-0.4, -0.2) is 68.5 Å². The number of likely N-dealkylation sites (N-methyl/N-ethyl adjacent to an activating group) is 1. The van der Waals surface area contributed by atoms with Crippen LogP contribution in [0.15, 0.2) is 12.2 Å². The Labute approximate surface area is 431 Å². The van der Waals surface area contributed by atoms with E-state index in [1.165, 1.54) is 250 Å². The number of phosphoric ester groups is 1. The van der Waals surface area contributed by atoms with Crippen LogP contribution in [0.3, 0.4) is 0 Å². The molecule has 0 rings (SSSR count). The van der Waals surface area contributed by atoms with Gasteiger partial charge in [-0.25, -0.2) is 0 Å². The molecule has 0 bridgehead atoms. The van der Waals surface area contributed by atoms with Gasteiger partial charge >= 0.3 is 0 Å². The Morgan fingerprint density at radius 2 is 0.797 bits per heavy atom. The van der Waals surface area contributed by atoms with Crippen molar-refractivity contribution in [2.75, 3.05) is 40.9 Å². The lowest BCUT2D eigenvalue weighted by molar-refractivity contribution is -0.870. The molecule has 0 aliphatic heterocycles. The van der Waals surface area contributed by atoms with Crippen molar-refractivity contribution in [2.45, 2.75) is 328 Å². The Kier molecular flexibility index (Phi) is 51.5. The van der Waals surface area contributed by atoms with Gasteiger partial charge in [0.05, 0.1) is 39.9 Å². The van der Waals surface area contributed by atoms with Gasteiger partial charge < -0.3 is 28.8 Å². The molecule has 69 heavy (non-hydrogen) atoms. The van der Waals surface area contributed by atoms with E-state index in [1.54, 1.807) is 0 Å². The van der Waals surface area contributed by atoms with Crippen LogP contribution in [0.5, 0.6) is 0 Å². The van der Waals surface area contributed by atoms with E-state index in [-0.39, 0.29) is 19.1 Å². The summed E-state index contributed by atoms with van der Waals surface area (Å²) < 4.78 is 23.4. The summed E-state index contributed by atoms with van der Waals surface area (Å²) in [6, 6.07) is -0.801. The molecule has 3 atom stereocenters. The smallest absolute Gasteiger partial charge is 0.268 e. The number of quaternary nitrogens is 1. The monoisotopic (exact) mass is 997 g/mol. The predicted molar refractivity (Wildman–Crippen MR) is 298 cm³/mol. The van der Waals surface area contributed by atoms with Crippen molar-refractivity contribution in [3.63, 3.8) is 0 Å². The zero-order valence-electron chi connectivity index (χ0n) is 47.0. The highest BCUT2D eigenvalue weighted by Crippen LogP contribution is 2.38. The largest absolute Gasteiger partial charge is 0.756 e. The summed E-state index contributed by atoms with van der Waals surface area (Å²) >= 11 is 0. The molecule has 0 aromatic rings. The first-order valence-electron chi connectivity index (χ1n) is 30.5. The summed E-state index contributed by atoms with van der Waals surface area (Å²) in [6.07, 6.45) is 64.0. The van der Waals surface area contributed by atoms with E-state index >= 15 is 0 Å². The lowest BCUT2D eigenvalue weighted by Crippen LogP contribution is -2.46. The number of aliphatic hydroxyl groups excluding tert-OH is 1. The van der Waals surface area contributed by atoms with Gasteiger partial charge in [-0.2, -0.15) is 0 Å². The minimum atomic E-state index is -4.57. The molecule has 0 saturated heterocycles. The molecule has 1 amide bonds. The fourth-order valence-electron chi connectivity index (χ4n) is 9.45. The van der Waals surface area contributed by atoms with Gasteiger partial charge in [-0.05, 0) is 38.5 Å². The molecular formula is C60H121N2O6P. The summed E-state index contributed by atoms with van der Waals surface area (Å²) in [4.78, 5) is 25.5. The number of hydrogen-bond donors (Lipinski definition) is 2. The normalized spacial score (nSPS) is 13.9. The number of rotatable bonds is 57. The van der Waals surface area contributed by atoms with Crippen LogP contribution in [0.2, 0.25) is 0 Å². The molecule has 2 N–H and O–H groups in total. The molecule has 0 aromatic carbocycles. The SMILES string of the molecule is CCCCCCCC/C=C\CCCCCCCCCC(=O)NC(COP(=O)([O-])OCC[N+](C)(C)C)C(O)CCCCCCCCCCCCCCCCCCCCCCCCCCCCCCCC. The van der Waals surface area contributed by atoms with Gasteiger partial charge in [0.15, 0.2) is 0 Å². The molecule has 0 aromatic heterocycles. The van der Waals surface area contributed by atoms with Crippen LogP contribution in [0.25, 0.3) is 0 Å². The second-order valence-corrected chi connectivity index (χ2v) is 23.8. The molecule has 3 unspecified atom stereocenters. The number of phosphoric acid groups is 1. The topological polar surface area (TPSA) is 108 Å². The van der Waals surface area contributed by atoms with E-state index in [0.717, 1.165) is 38.5 Å². The number of hydrogen-bond acceptors (Lipinski definition) is 6. The fourth-order valence-corrected chi connectivity index (χ4v) is 10.2. The predicted octanol–water partition coefficient (Wildman–Crippen LogP) is 18.0. The summed E-state index contributed by atoms with van der Waals surface area (Å²) in [5.74, 6) is -0.164. The fraction of sp³-hybridized carbons (Fsp3) is 0.950. The van der Waals surface area contributed by atoms with Gasteiger partial charge in [-0.1, -0.05) is 283 Å². The number of nitrogens with one attached hydrogen (secondary N) is 1. The van der Waals surface area contributed by atoms with Crippen molar-refractivity contribution in [2.24, 2.45) is 0 Å². The Hall–Kier alpha value is -0.760. The molecule has 0 aliphatic carbocycles. The number of unbranched alkanes of at least 4 members (excludes halogenated alkanes) is 42. The van der Waals surface area contributed by atoms with Gasteiger partial charge in [-0.15, -0.1) is 0 Å². The van der Waals surface area contributed by atoms with E-state index in [0.29, 0.717) is 23.9 Å². The summed E-state index contributed by atoms with van der Waals surface area (Å²) in [5.41, 5.74) is 0. The van der Waals surface area contributed by atoms with Crippen LogP contribution in [-0.2, 0) is 18.4 Å². The Bertz CT molecular complexity index is 1130. The van der Waals surface area contributed by atoms with E-state index in [9.17, 15) is 19.4 Å². The maximum atomic E-state index is 13.0. The third kappa shape index (κ3) is 54.8. The molecular weight excluding hydrogens is 876 g/mol.